The first-order valence-corrected chi connectivity index (χ1v) is 16.7. The highest BCUT2D eigenvalue weighted by Gasteiger charge is 2.19. The molecule has 6 aromatic carbocycles. The SMILES string of the molecule is c1ccc(-c2nc(-c3ccccc3)nc(-c3cc4sc5cc(-n6c7ccccc7c7cccnc76)ccc5c4c4ccccc34)n2)cc1. The van der Waals surface area contributed by atoms with Gasteiger partial charge in [-0.3, -0.25) is 4.57 Å². The monoisotopic (exact) mass is 631 g/mol. The molecule has 4 aromatic heterocycles. The fraction of sp³-hybridized carbons (Fsp3) is 0. The maximum atomic E-state index is 5.09. The van der Waals surface area contributed by atoms with Gasteiger partial charge in [-0.2, -0.15) is 0 Å². The lowest BCUT2D eigenvalue weighted by Gasteiger charge is -2.11. The van der Waals surface area contributed by atoms with Crippen LogP contribution in [-0.4, -0.2) is 24.5 Å². The number of fused-ring (bicyclic) bond motifs is 8. The molecule has 0 N–H and O–H groups in total. The largest absolute Gasteiger partial charge is 0.294 e. The van der Waals surface area contributed by atoms with Gasteiger partial charge in [-0.1, -0.05) is 109 Å². The normalized spacial score (nSPS) is 11.8. The van der Waals surface area contributed by atoms with Crippen LogP contribution in [0.1, 0.15) is 0 Å². The molecule has 0 saturated carbocycles. The minimum Gasteiger partial charge on any atom is -0.294 e. The Balaban J connectivity index is 1.22. The van der Waals surface area contributed by atoms with E-state index in [2.05, 4.69) is 83.4 Å². The second-order valence-electron chi connectivity index (χ2n) is 11.9. The van der Waals surface area contributed by atoms with Gasteiger partial charge < -0.3 is 0 Å². The molecule has 0 amide bonds. The Hall–Kier alpha value is -6.24. The summed E-state index contributed by atoms with van der Waals surface area (Å²) < 4.78 is 4.69. The van der Waals surface area contributed by atoms with E-state index in [-0.39, 0.29) is 0 Å². The van der Waals surface area contributed by atoms with Crippen molar-refractivity contribution in [3.8, 4) is 39.9 Å². The van der Waals surface area contributed by atoms with Gasteiger partial charge in [0, 0.05) is 59.5 Å². The fourth-order valence-corrected chi connectivity index (χ4v) is 8.13. The van der Waals surface area contributed by atoms with Crippen LogP contribution in [0, 0.1) is 0 Å². The van der Waals surface area contributed by atoms with E-state index in [9.17, 15) is 0 Å². The van der Waals surface area contributed by atoms with E-state index >= 15 is 0 Å². The molecule has 0 unspecified atom stereocenters. The van der Waals surface area contributed by atoms with Gasteiger partial charge >= 0.3 is 0 Å². The molecule has 4 heterocycles. The van der Waals surface area contributed by atoms with Gasteiger partial charge in [-0.15, -0.1) is 11.3 Å². The van der Waals surface area contributed by atoms with Gasteiger partial charge in [0.1, 0.15) is 5.65 Å². The van der Waals surface area contributed by atoms with Crippen molar-refractivity contribution < 1.29 is 0 Å². The Bertz CT molecular complexity index is 2730. The highest BCUT2D eigenvalue weighted by Crippen LogP contribution is 2.43. The highest BCUT2D eigenvalue weighted by molar-refractivity contribution is 7.26. The lowest BCUT2D eigenvalue weighted by molar-refractivity contribution is 1.08. The third-order valence-electron chi connectivity index (χ3n) is 9.09. The second kappa shape index (κ2) is 10.7. The molecule has 0 atom stereocenters. The number of benzene rings is 6. The van der Waals surface area contributed by atoms with E-state index in [1.54, 1.807) is 11.3 Å². The lowest BCUT2D eigenvalue weighted by atomic mass is 9.98. The molecule has 6 heteroatoms. The van der Waals surface area contributed by atoms with Gasteiger partial charge in [0.25, 0.3) is 0 Å². The third kappa shape index (κ3) is 4.16. The number of hydrogen-bond acceptors (Lipinski definition) is 5. The van der Waals surface area contributed by atoms with Crippen LogP contribution in [-0.2, 0) is 0 Å². The van der Waals surface area contributed by atoms with Crippen LogP contribution in [0.25, 0.3) is 92.7 Å². The lowest BCUT2D eigenvalue weighted by Crippen LogP contribution is -2.00. The smallest absolute Gasteiger partial charge is 0.164 e. The third-order valence-corrected chi connectivity index (χ3v) is 10.2. The summed E-state index contributed by atoms with van der Waals surface area (Å²) in [5, 5.41) is 7.15. The van der Waals surface area contributed by atoms with E-state index in [1.807, 2.05) is 72.9 Å². The summed E-state index contributed by atoms with van der Waals surface area (Å²) in [6.45, 7) is 0. The van der Waals surface area contributed by atoms with Crippen LogP contribution in [0.5, 0.6) is 0 Å². The zero-order valence-electron chi connectivity index (χ0n) is 25.6. The minimum atomic E-state index is 0.657. The van der Waals surface area contributed by atoms with Crippen LogP contribution in [0.3, 0.4) is 0 Å². The van der Waals surface area contributed by atoms with Crippen LogP contribution >= 0.6 is 11.3 Å². The standard InChI is InChI=1S/C42H25N5S/c1-3-12-26(13-4-1)39-44-40(27-14-5-2-6-15-27)46-41(45-39)34-25-37-38(31-18-8-7-16-29(31)34)33-22-21-28(24-36(33)48-37)47-35-20-10-9-17-30(35)32-19-11-23-43-42(32)47/h1-25H. The molecule has 10 rings (SSSR count). The Morgan fingerprint density at radius 1 is 0.458 bits per heavy atom. The summed E-state index contributed by atoms with van der Waals surface area (Å²) in [6.07, 6.45) is 1.87. The topological polar surface area (TPSA) is 56.5 Å². The quantitative estimate of drug-likeness (QED) is 0.194. The van der Waals surface area contributed by atoms with Crippen LogP contribution < -0.4 is 0 Å². The number of rotatable bonds is 4. The maximum absolute atomic E-state index is 5.09. The van der Waals surface area contributed by atoms with E-state index in [4.69, 9.17) is 19.9 Å². The Labute approximate surface area is 279 Å². The van der Waals surface area contributed by atoms with Crippen LogP contribution in [0.4, 0.5) is 0 Å². The van der Waals surface area contributed by atoms with Gasteiger partial charge in [0.05, 0.1) is 5.52 Å². The number of aromatic nitrogens is 5. The van der Waals surface area contributed by atoms with Crippen molar-refractivity contribution in [2.45, 2.75) is 0 Å². The van der Waals surface area contributed by atoms with E-state index in [0.717, 1.165) is 44.3 Å². The van der Waals surface area contributed by atoms with Gasteiger partial charge in [0.2, 0.25) is 0 Å². The Kier molecular flexibility index (Phi) is 5.98. The molecule has 0 bridgehead atoms. The summed E-state index contributed by atoms with van der Waals surface area (Å²) in [5.41, 5.74) is 6.12. The molecule has 0 radical (unpaired) electrons. The Morgan fingerprint density at radius 3 is 1.83 bits per heavy atom. The van der Waals surface area contributed by atoms with E-state index in [0.29, 0.717) is 17.5 Å². The molecule has 48 heavy (non-hydrogen) atoms. The van der Waals surface area contributed by atoms with Crippen LogP contribution in [0.2, 0.25) is 0 Å². The molecule has 224 valence electrons. The zero-order chi connectivity index (χ0) is 31.6. The predicted octanol–water partition coefficient (Wildman–Crippen LogP) is 10.9. The van der Waals surface area contributed by atoms with Crippen molar-refractivity contribution >= 4 is 64.2 Å². The molecule has 0 aliphatic heterocycles. The molecule has 0 aliphatic carbocycles. The molecular weight excluding hydrogens is 607 g/mol. The minimum absolute atomic E-state index is 0.657. The summed E-state index contributed by atoms with van der Waals surface area (Å²) >= 11 is 1.80. The maximum Gasteiger partial charge on any atom is 0.164 e. The number of hydrogen-bond donors (Lipinski definition) is 0. The molecule has 10 aromatic rings. The van der Waals surface area contributed by atoms with Crippen molar-refractivity contribution in [2.24, 2.45) is 0 Å². The molecule has 0 spiro atoms. The number of thiophene rings is 1. The van der Waals surface area contributed by atoms with E-state index < -0.39 is 0 Å². The first-order chi connectivity index (χ1) is 23.8. The summed E-state index contributed by atoms with van der Waals surface area (Å²) in [6, 6.07) is 50.6. The van der Waals surface area contributed by atoms with Gasteiger partial charge in [-0.25, -0.2) is 19.9 Å². The molecule has 0 saturated heterocycles. The molecule has 5 nitrogen and oxygen atoms in total. The molecular formula is C42H25N5S. The number of para-hydroxylation sites is 1. The van der Waals surface area contributed by atoms with Crippen molar-refractivity contribution in [3.63, 3.8) is 0 Å². The predicted molar refractivity (Wildman–Crippen MR) is 199 cm³/mol. The summed E-state index contributed by atoms with van der Waals surface area (Å²) in [4.78, 5) is 19.9. The second-order valence-corrected chi connectivity index (χ2v) is 13.0. The van der Waals surface area contributed by atoms with Crippen molar-refractivity contribution in [1.29, 1.82) is 0 Å². The first-order valence-electron chi connectivity index (χ1n) is 15.9. The van der Waals surface area contributed by atoms with Crippen molar-refractivity contribution in [2.75, 3.05) is 0 Å². The number of pyridine rings is 1. The summed E-state index contributed by atoms with van der Waals surface area (Å²) in [5.74, 6) is 1.98. The van der Waals surface area contributed by atoms with Gasteiger partial charge in [0.15, 0.2) is 17.5 Å². The number of nitrogens with zero attached hydrogens (tertiary/aromatic N) is 5. The molecule has 0 fully saturated rings. The van der Waals surface area contributed by atoms with E-state index in [1.165, 1.54) is 30.9 Å². The van der Waals surface area contributed by atoms with Crippen LogP contribution in [0.15, 0.2) is 152 Å². The van der Waals surface area contributed by atoms with Crippen molar-refractivity contribution in [3.05, 3.63) is 152 Å². The fourth-order valence-electron chi connectivity index (χ4n) is 6.94. The van der Waals surface area contributed by atoms with Gasteiger partial charge in [-0.05, 0) is 47.2 Å². The average molecular weight is 632 g/mol. The Morgan fingerprint density at radius 2 is 1.08 bits per heavy atom. The molecule has 0 aliphatic rings. The zero-order valence-corrected chi connectivity index (χ0v) is 26.4. The average Bonchev–Trinajstić information content (AvgIpc) is 3.70. The first kappa shape index (κ1) is 26.9. The summed E-state index contributed by atoms with van der Waals surface area (Å²) in [7, 11) is 0. The van der Waals surface area contributed by atoms with Crippen molar-refractivity contribution in [1.82, 2.24) is 24.5 Å². The highest BCUT2D eigenvalue weighted by atomic mass is 32.1.